The quantitative estimate of drug-likeness (QED) is 0.417. The first-order valence-corrected chi connectivity index (χ1v) is 5.84. The van der Waals surface area contributed by atoms with Gasteiger partial charge in [-0.05, 0) is 0 Å². The molecule has 0 unspecified atom stereocenters. The summed E-state index contributed by atoms with van der Waals surface area (Å²) >= 11 is 0. The molecule has 0 bridgehead atoms. The largest absolute Gasteiger partial charge is 0.491 e. The van der Waals surface area contributed by atoms with Gasteiger partial charge in [0.25, 0.3) is 5.69 Å². The first-order valence-electron chi connectivity index (χ1n) is 5.84. The average molecular weight is 270 g/mol. The lowest BCUT2D eigenvalue weighted by atomic mass is 10.2. The van der Waals surface area contributed by atoms with Crippen LogP contribution in [0.25, 0.3) is 0 Å². The van der Waals surface area contributed by atoms with Gasteiger partial charge in [0.2, 0.25) is 0 Å². The van der Waals surface area contributed by atoms with Crippen molar-refractivity contribution < 1.29 is 19.1 Å². The lowest BCUT2D eigenvalue weighted by Gasteiger charge is -2.08. The van der Waals surface area contributed by atoms with E-state index in [9.17, 15) is 10.1 Å². The van der Waals surface area contributed by atoms with Crippen LogP contribution < -0.4 is 10.1 Å². The number of anilines is 1. The van der Waals surface area contributed by atoms with E-state index in [1.165, 1.54) is 12.1 Å². The zero-order valence-electron chi connectivity index (χ0n) is 11.0. The van der Waals surface area contributed by atoms with Crippen LogP contribution in [-0.2, 0) is 9.47 Å². The minimum absolute atomic E-state index is 0.0119. The molecule has 1 aromatic carbocycles. The van der Waals surface area contributed by atoms with Gasteiger partial charge in [-0.3, -0.25) is 10.1 Å². The van der Waals surface area contributed by atoms with E-state index in [-0.39, 0.29) is 5.69 Å². The van der Waals surface area contributed by atoms with Gasteiger partial charge in [-0.1, -0.05) is 0 Å². The molecule has 7 nitrogen and oxygen atoms in total. The van der Waals surface area contributed by atoms with Crippen molar-refractivity contribution in [1.29, 1.82) is 0 Å². The smallest absolute Gasteiger partial charge is 0.275 e. The van der Waals surface area contributed by atoms with Crippen LogP contribution in [0.4, 0.5) is 11.4 Å². The Hall–Kier alpha value is -1.86. The van der Waals surface area contributed by atoms with Gasteiger partial charge in [0.15, 0.2) is 0 Å². The average Bonchev–Trinajstić information content (AvgIpc) is 2.42. The molecular weight excluding hydrogens is 252 g/mol. The molecule has 106 valence electrons. The van der Waals surface area contributed by atoms with Crippen molar-refractivity contribution >= 4 is 11.4 Å². The lowest BCUT2D eigenvalue weighted by molar-refractivity contribution is -0.384. The molecule has 0 fully saturated rings. The molecule has 0 spiro atoms. The molecule has 0 amide bonds. The van der Waals surface area contributed by atoms with Crippen molar-refractivity contribution in [2.24, 2.45) is 0 Å². The number of methoxy groups -OCH3 is 1. The van der Waals surface area contributed by atoms with Gasteiger partial charge in [0.1, 0.15) is 12.4 Å². The molecule has 7 heteroatoms. The molecule has 0 aliphatic heterocycles. The minimum atomic E-state index is -0.456. The molecule has 0 saturated carbocycles. The highest BCUT2D eigenvalue weighted by atomic mass is 16.6. The number of rotatable bonds is 9. The highest BCUT2D eigenvalue weighted by Crippen LogP contribution is 2.25. The SMILES string of the molecule is CNc1cc(OCCOCCOC)cc([N+](=O)[O-])c1. The Morgan fingerprint density at radius 1 is 1.21 bits per heavy atom. The first-order chi connectivity index (χ1) is 9.17. The molecule has 0 atom stereocenters. The van der Waals surface area contributed by atoms with E-state index >= 15 is 0 Å². The van der Waals surface area contributed by atoms with Gasteiger partial charge >= 0.3 is 0 Å². The van der Waals surface area contributed by atoms with E-state index in [0.29, 0.717) is 37.9 Å². The van der Waals surface area contributed by atoms with Crippen molar-refractivity contribution in [3.05, 3.63) is 28.3 Å². The maximum Gasteiger partial charge on any atom is 0.275 e. The molecule has 0 aliphatic carbocycles. The number of nitrogens with zero attached hydrogens (tertiary/aromatic N) is 1. The number of non-ortho nitro benzene ring substituents is 1. The van der Waals surface area contributed by atoms with Crippen molar-refractivity contribution in [2.75, 3.05) is 45.9 Å². The number of ether oxygens (including phenoxy) is 3. The van der Waals surface area contributed by atoms with Gasteiger partial charge in [0.05, 0.1) is 30.8 Å². The number of nitro benzene ring substituents is 1. The zero-order chi connectivity index (χ0) is 14.1. The van der Waals surface area contributed by atoms with Crippen LogP contribution in [0.2, 0.25) is 0 Å². The van der Waals surface area contributed by atoms with Crippen LogP contribution in [0.15, 0.2) is 18.2 Å². The Kier molecular flexibility index (Phi) is 6.62. The topological polar surface area (TPSA) is 82.9 Å². The second kappa shape index (κ2) is 8.28. The molecule has 0 heterocycles. The maximum atomic E-state index is 10.8. The second-order valence-electron chi connectivity index (χ2n) is 3.68. The fourth-order valence-electron chi connectivity index (χ4n) is 1.38. The van der Waals surface area contributed by atoms with Crippen LogP contribution in [0, 0.1) is 10.1 Å². The number of hydrogen-bond acceptors (Lipinski definition) is 6. The van der Waals surface area contributed by atoms with E-state index in [0.717, 1.165) is 0 Å². The predicted molar refractivity (Wildman–Crippen MR) is 70.8 cm³/mol. The van der Waals surface area contributed by atoms with Crippen LogP contribution in [0.5, 0.6) is 5.75 Å². The van der Waals surface area contributed by atoms with Crippen LogP contribution in [0.3, 0.4) is 0 Å². The van der Waals surface area contributed by atoms with Crippen LogP contribution >= 0.6 is 0 Å². The maximum absolute atomic E-state index is 10.8. The molecule has 19 heavy (non-hydrogen) atoms. The van der Waals surface area contributed by atoms with Gasteiger partial charge in [0, 0.05) is 32.0 Å². The molecule has 1 rings (SSSR count). The summed E-state index contributed by atoms with van der Waals surface area (Å²) in [4.78, 5) is 10.3. The van der Waals surface area contributed by atoms with Crippen LogP contribution in [-0.4, -0.2) is 45.5 Å². The standard InChI is InChI=1S/C12H18N2O5/c1-13-10-7-11(14(15)16)9-12(8-10)19-6-5-18-4-3-17-2/h7-9,13H,3-6H2,1-2H3. The molecule has 1 aromatic rings. The van der Waals surface area contributed by atoms with Gasteiger partial charge < -0.3 is 19.5 Å². The Morgan fingerprint density at radius 3 is 2.58 bits per heavy atom. The summed E-state index contributed by atoms with van der Waals surface area (Å²) in [5.74, 6) is 0.439. The predicted octanol–water partition coefficient (Wildman–Crippen LogP) is 1.68. The number of hydrogen-bond donors (Lipinski definition) is 1. The Balaban J connectivity index is 2.48. The Labute approximate surface area is 111 Å². The van der Waals surface area contributed by atoms with Crippen molar-refractivity contribution in [3.8, 4) is 5.75 Å². The van der Waals surface area contributed by atoms with E-state index in [2.05, 4.69) is 5.32 Å². The number of nitrogens with one attached hydrogen (secondary N) is 1. The summed E-state index contributed by atoms with van der Waals surface area (Å²) in [7, 11) is 3.29. The molecule has 0 radical (unpaired) electrons. The number of nitro groups is 1. The monoisotopic (exact) mass is 270 g/mol. The minimum Gasteiger partial charge on any atom is -0.491 e. The second-order valence-corrected chi connectivity index (χ2v) is 3.68. The first kappa shape index (κ1) is 15.2. The molecule has 1 N–H and O–H groups in total. The summed E-state index contributed by atoms with van der Waals surface area (Å²) < 4.78 is 15.5. The van der Waals surface area contributed by atoms with E-state index in [1.54, 1.807) is 20.2 Å². The third kappa shape index (κ3) is 5.54. The van der Waals surface area contributed by atoms with Crippen molar-refractivity contribution in [2.45, 2.75) is 0 Å². The number of benzene rings is 1. The molecule has 0 saturated heterocycles. The highest BCUT2D eigenvalue weighted by Gasteiger charge is 2.09. The summed E-state index contributed by atoms with van der Waals surface area (Å²) in [6, 6.07) is 4.53. The Morgan fingerprint density at radius 2 is 1.95 bits per heavy atom. The summed E-state index contributed by atoms with van der Waals surface area (Å²) in [6.07, 6.45) is 0. The van der Waals surface area contributed by atoms with E-state index < -0.39 is 4.92 Å². The Bertz CT molecular complexity index is 411. The zero-order valence-corrected chi connectivity index (χ0v) is 11.0. The summed E-state index contributed by atoms with van der Waals surface area (Å²) in [5, 5.41) is 13.6. The lowest BCUT2D eigenvalue weighted by Crippen LogP contribution is -2.10. The fraction of sp³-hybridized carbons (Fsp3) is 0.500. The van der Waals surface area contributed by atoms with Crippen molar-refractivity contribution in [1.82, 2.24) is 0 Å². The molecule has 0 aromatic heterocycles. The van der Waals surface area contributed by atoms with E-state index in [1.807, 2.05) is 0 Å². The third-order valence-corrected chi connectivity index (χ3v) is 2.32. The van der Waals surface area contributed by atoms with E-state index in [4.69, 9.17) is 14.2 Å². The molecular formula is C12H18N2O5. The normalized spacial score (nSPS) is 10.2. The molecule has 0 aliphatic rings. The van der Waals surface area contributed by atoms with Crippen LogP contribution in [0.1, 0.15) is 0 Å². The summed E-state index contributed by atoms with van der Waals surface area (Å²) in [5.41, 5.74) is 0.617. The van der Waals surface area contributed by atoms with Gasteiger partial charge in [-0.25, -0.2) is 0 Å². The summed E-state index contributed by atoms with van der Waals surface area (Å²) in [6.45, 7) is 1.76. The fourth-order valence-corrected chi connectivity index (χ4v) is 1.38. The van der Waals surface area contributed by atoms with Gasteiger partial charge in [-0.15, -0.1) is 0 Å². The van der Waals surface area contributed by atoms with Gasteiger partial charge in [-0.2, -0.15) is 0 Å². The highest BCUT2D eigenvalue weighted by molar-refractivity contribution is 5.55. The van der Waals surface area contributed by atoms with Crippen molar-refractivity contribution in [3.63, 3.8) is 0 Å². The third-order valence-electron chi connectivity index (χ3n) is 2.32.